The first-order chi connectivity index (χ1) is 12.7. The Balaban J connectivity index is 1.61. The molecule has 1 amide bonds. The summed E-state index contributed by atoms with van der Waals surface area (Å²) in [5.74, 6) is -0.444. The van der Waals surface area contributed by atoms with Crippen LogP contribution < -0.4 is 4.90 Å². The Hall–Kier alpha value is -2.10. The highest BCUT2D eigenvalue weighted by Gasteiger charge is 2.39. The fourth-order valence-corrected chi connectivity index (χ4v) is 3.58. The minimum Gasteiger partial charge on any atom is -0.371 e. The van der Waals surface area contributed by atoms with E-state index < -0.39 is 0 Å². The van der Waals surface area contributed by atoms with Crippen molar-refractivity contribution in [1.82, 2.24) is 4.90 Å². The van der Waals surface area contributed by atoms with Crippen molar-refractivity contribution in [2.75, 3.05) is 44.3 Å². The summed E-state index contributed by atoms with van der Waals surface area (Å²) < 4.78 is 11.5. The van der Waals surface area contributed by atoms with Gasteiger partial charge in [-0.2, -0.15) is 5.26 Å². The number of carbonyl (C=O) groups is 1. The topological polar surface area (TPSA) is 65.8 Å². The number of rotatable bonds is 6. The van der Waals surface area contributed by atoms with Gasteiger partial charge in [0.1, 0.15) is 6.54 Å². The lowest BCUT2D eigenvalue weighted by molar-refractivity contribution is -0.169. The summed E-state index contributed by atoms with van der Waals surface area (Å²) in [6.45, 7) is 5.97. The van der Waals surface area contributed by atoms with Crippen molar-refractivity contribution in [1.29, 1.82) is 5.26 Å². The predicted octanol–water partition coefficient (Wildman–Crippen LogP) is 2.80. The maximum absolute atomic E-state index is 12.6. The third-order valence-corrected chi connectivity index (χ3v) is 5.15. The summed E-state index contributed by atoms with van der Waals surface area (Å²) in [6.07, 6.45) is 3.63. The molecule has 0 saturated carbocycles. The van der Waals surface area contributed by atoms with Gasteiger partial charge in [0.2, 0.25) is 0 Å². The van der Waals surface area contributed by atoms with Gasteiger partial charge in [0.15, 0.2) is 5.79 Å². The van der Waals surface area contributed by atoms with E-state index in [0.717, 1.165) is 44.5 Å². The molecule has 3 rings (SSSR count). The van der Waals surface area contributed by atoms with Crippen molar-refractivity contribution < 1.29 is 14.3 Å². The van der Waals surface area contributed by atoms with Gasteiger partial charge in [-0.25, -0.2) is 0 Å². The summed E-state index contributed by atoms with van der Waals surface area (Å²) in [5, 5.41) is 8.96. The van der Waals surface area contributed by atoms with Crippen LogP contribution in [0.2, 0.25) is 0 Å². The lowest BCUT2D eigenvalue weighted by Crippen LogP contribution is -2.45. The Labute approximate surface area is 155 Å². The van der Waals surface area contributed by atoms with Crippen LogP contribution in [-0.4, -0.2) is 56.0 Å². The molecule has 0 unspecified atom stereocenters. The third-order valence-electron chi connectivity index (χ3n) is 5.15. The summed E-state index contributed by atoms with van der Waals surface area (Å²) in [4.78, 5) is 16.5. The van der Waals surface area contributed by atoms with Gasteiger partial charge in [-0.1, -0.05) is 13.3 Å². The first kappa shape index (κ1) is 18.7. The van der Waals surface area contributed by atoms with Gasteiger partial charge in [0.25, 0.3) is 5.91 Å². The van der Waals surface area contributed by atoms with Crippen LogP contribution in [0.25, 0.3) is 0 Å². The van der Waals surface area contributed by atoms with E-state index in [1.165, 1.54) is 0 Å². The van der Waals surface area contributed by atoms with Crippen LogP contribution in [-0.2, 0) is 9.47 Å². The molecule has 140 valence electrons. The lowest BCUT2D eigenvalue weighted by atomic mass is 10.0. The maximum atomic E-state index is 12.6. The standard InChI is InChI=1S/C20H27N3O3/c1-2-3-11-23(14-10-21)19(24)17-4-6-18(7-5-17)22-12-8-20(9-13-22)25-15-16-26-20/h4-7H,2-3,8-9,11-16H2,1H3. The van der Waals surface area contributed by atoms with Crippen LogP contribution in [0.3, 0.4) is 0 Å². The second-order valence-electron chi connectivity index (χ2n) is 6.88. The number of nitrogens with zero attached hydrogens (tertiary/aromatic N) is 3. The zero-order valence-electron chi connectivity index (χ0n) is 15.4. The van der Waals surface area contributed by atoms with Gasteiger partial charge in [-0.15, -0.1) is 0 Å². The molecule has 0 aliphatic carbocycles. The second-order valence-corrected chi connectivity index (χ2v) is 6.88. The van der Waals surface area contributed by atoms with Gasteiger partial charge >= 0.3 is 0 Å². The molecule has 0 bridgehead atoms. The number of amides is 1. The van der Waals surface area contributed by atoms with Crippen molar-refractivity contribution in [2.24, 2.45) is 0 Å². The van der Waals surface area contributed by atoms with Crippen LogP contribution >= 0.6 is 0 Å². The summed E-state index contributed by atoms with van der Waals surface area (Å²) in [6, 6.07) is 9.80. The highest BCUT2D eigenvalue weighted by atomic mass is 16.7. The third kappa shape index (κ3) is 4.17. The summed E-state index contributed by atoms with van der Waals surface area (Å²) >= 11 is 0. The smallest absolute Gasteiger partial charge is 0.254 e. The monoisotopic (exact) mass is 357 g/mol. The molecule has 0 aromatic heterocycles. The van der Waals surface area contributed by atoms with Gasteiger partial charge in [0, 0.05) is 43.7 Å². The van der Waals surface area contributed by atoms with Crippen molar-refractivity contribution in [2.45, 2.75) is 38.4 Å². The zero-order chi connectivity index (χ0) is 18.4. The molecule has 1 aromatic rings. The molecule has 6 nitrogen and oxygen atoms in total. The Kier molecular flexibility index (Phi) is 6.12. The highest BCUT2D eigenvalue weighted by Crippen LogP contribution is 2.33. The predicted molar refractivity (Wildman–Crippen MR) is 98.9 cm³/mol. The molecule has 2 aliphatic heterocycles. The molecule has 2 aliphatic rings. The highest BCUT2D eigenvalue weighted by molar-refractivity contribution is 5.94. The van der Waals surface area contributed by atoms with Crippen LogP contribution in [0.5, 0.6) is 0 Å². The van der Waals surface area contributed by atoms with E-state index in [1.54, 1.807) is 4.90 Å². The molecule has 2 fully saturated rings. The van der Waals surface area contributed by atoms with E-state index in [2.05, 4.69) is 17.9 Å². The Bertz CT molecular complexity index is 637. The van der Waals surface area contributed by atoms with Crippen molar-refractivity contribution in [3.05, 3.63) is 29.8 Å². The normalized spacial score (nSPS) is 18.7. The van der Waals surface area contributed by atoms with Gasteiger partial charge in [-0.3, -0.25) is 4.79 Å². The Morgan fingerprint density at radius 2 is 1.88 bits per heavy atom. The van der Waals surface area contributed by atoms with Crippen molar-refractivity contribution in [3.63, 3.8) is 0 Å². The van der Waals surface area contributed by atoms with Crippen molar-refractivity contribution in [3.8, 4) is 6.07 Å². The number of piperidine rings is 1. The lowest BCUT2D eigenvalue weighted by Gasteiger charge is -2.38. The largest absolute Gasteiger partial charge is 0.371 e. The number of nitriles is 1. The molecule has 0 radical (unpaired) electrons. The van der Waals surface area contributed by atoms with Gasteiger partial charge in [-0.05, 0) is 30.7 Å². The summed E-state index contributed by atoms with van der Waals surface area (Å²) in [5.41, 5.74) is 1.74. The number of carbonyl (C=O) groups excluding carboxylic acids is 1. The molecule has 1 spiro atoms. The molecule has 1 aromatic carbocycles. The number of hydrogen-bond acceptors (Lipinski definition) is 5. The Morgan fingerprint density at radius 3 is 2.46 bits per heavy atom. The number of benzene rings is 1. The number of unbranched alkanes of at least 4 members (excludes halogenated alkanes) is 1. The Morgan fingerprint density at radius 1 is 1.23 bits per heavy atom. The molecule has 2 heterocycles. The van der Waals surface area contributed by atoms with E-state index in [1.807, 2.05) is 24.3 Å². The molecule has 0 atom stereocenters. The van der Waals surface area contributed by atoms with E-state index in [4.69, 9.17) is 14.7 Å². The van der Waals surface area contributed by atoms with E-state index in [0.29, 0.717) is 25.3 Å². The minimum atomic E-state index is -0.372. The summed E-state index contributed by atoms with van der Waals surface area (Å²) in [7, 11) is 0. The van der Waals surface area contributed by atoms with E-state index in [9.17, 15) is 4.79 Å². The molecule has 6 heteroatoms. The van der Waals surface area contributed by atoms with Crippen LogP contribution in [0.15, 0.2) is 24.3 Å². The fraction of sp³-hybridized carbons (Fsp3) is 0.600. The molecule has 26 heavy (non-hydrogen) atoms. The SMILES string of the molecule is CCCCN(CC#N)C(=O)c1ccc(N2CCC3(CC2)OCCO3)cc1. The van der Waals surface area contributed by atoms with Crippen LogP contribution in [0, 0.1) is 11.3 Å². The molecule has 2 saturated heterocycles. The average molecular weight is 357 g/mol. The van der Waals surface area contributed by atoms with E-state index >= 15 is 0 Å². The quantitative estimate of drug-likeness (QED) is 0.733. The molecular weight excluding hydrogens is 330 g/mol. The minimum absolute atomic E-state index is 0.0723. The first-order valence-corrected chi connectivity index (χ1v) is 9.46. The number of ether oxygens (including phenoxy) is 2. The fourth-order valence-electron chi connectivity index (χ4n) is 3.58. The zero-order valence-corrected chi connectivity index (χ0v) is 15.4. The van der Waals surface area contributed by atoms with Crippen LogP contribution in [0.4, 0.5) is 5.69 Å². The number of anilines is 1. The van der Waals surface area contributed by atoms with Crippen molar-refractivity contribution >= 4 is 11.6 Å². The first-order valence-electron chi connectivity index (χ1n) is 9.46. The molecular formula is C20H27N3O3. The molecule has 0 N–H and O–H groups in total. The number of hydrogen-bond donors (Lipinski definition) is 0. The van der Waals surface area contributed by atoms with Gasteiger partial charge in [0.05, 0.1) is 19.3 Å². The maximum Gasteiger partial charge on any atom is 0.254 e. The second kappa shape index (κ2) is 8.52. The average Bonchev–Trinajstić information content (AvgIpc) is 3.13. The van der Waals surface area contributed by atoms with E-state index in [-0.39, 0.29) is 18.2 Å². The van der Waals surface area contributed by atoms with Crippen LogP contribution in [0.1, 0.15) is 43.0 Å². The van der Waals surface area contributed by atoms with Gasteiger partial charge < -0.3 is 19.3 Å².